The molecule has 1 aliphatic rings. The molecule has 1 heterocycles. The van der Waals surface area contributed by atoms with E-state index in [9.17, 15) is 18.8 Å². The van der Waals surface area contributed by atoms with Crippen LogP contribution in [0, 0.1) is 18.7 Å². The van der Waals surface area contributed by atoms with Gasteiger partial charge in [-0.25, -0.2) is 14.1 Å². The van der Waals surface area contributed by atoms with Crippen LogP contribution < -0.4 is 15.5 Å². The van der Waals surface area contributed by atoms with Crippen molar-refractivity contribution in [3.63, 3.8) is 0 Å². The van der Waals surface area contributed by atoms with Crippen molar-refractivity contribution >= 4 is 29.2 Å². The number of para-hydroxylation sites is 1. The average molecular weight is 353 g/mol. The fourth-order valence-electron chi connectivity index (χ4n) is 2.72. The molecule has 1 aliphatic heterocycles. The number of anilines is 2. The van der Waals surface area contributed by atoms with Crippen molar-refractivity contribution in [3.05, 3.63) is 72.2 Å². The topological polar surface area (TPSA) is 78.5 Å². The number of hydrogen-bond donors (Lipinski definition) is 2. The second-order valence-electron chi connectivity index (χ2n) is 5.84. The van der Waals surface area contributed by atoms with E-state index < -0.39 is 29.6 Å². The van der Waals surface area contributed by atoms with Gasteiger partial charge in [0.25, 0.3) is 5.91 Å². The molecule has 0 unspecified atom stereocenters. The molecule has 0 spiro atoms. The van der Waals surface area contributed by atoms with Crippen LogP contribution in [0.5, 0.6) is 0 Å². The van der Waals surface area contributed by atoms with Gasteiger partial charge in [-0.3, -0.25) is 14.9 Å². The number of nitrogens with one attached hydrogen (secondary N) is 2. The van der Waals surface area contributed by atoms with Crippen LogP contribution in [0.15, 0.2) is 60.8 Å². The van der Waals surface area contributed by atoms with Crippen molar-refractivity contribution < 1.29 is 18.8 Å². The lowest BCUT2D eigenvalue weighted by Crippen LogP contribution is -2.59. The number of hydrogen-bond acceptors (Lipinski definition) is 4. The standard InChI is InChI=1S/C19H16FN3O3/c1-11-5-3-4-6-15(11)23-18(25)16(17(24)22-19(23)26)12(2)21-14-9-7-13(20)8-10-14/h3-10,16,21H,2H2,1H3,(H,22,24,26)/t16-/m0/s1. The second kappa shape index (κ2) is 6.79. The molecule has 0 radical (unpaired) electrons. The normalized spacial score (nSPS) is 17.1. The Morgan fingerprint density at radius 1 is 1.12 bits per heavy atom. The Hall–Kier alpha value is -3.48. The number of halogens is 1. The lowest BCUT2D eigenvalue weighted by Gasteiger charge is -2.32. The van der Waals surface area contributed by atoms with Gasteiger partial charge in [-0.15, -0.1) is 0 Å². The minimum absolute atomic E-state index is 0.0881. The van der Waals surface area contributed by atoms with Crippen molar-refractivity contribution in [2.45, 2.75) is 6.92 Å². The van der Waals surface area contributed by atoms with Crippen LogP contribution in [0.4, 0.5) is 20.6 Å². The molecule has 4 amide bonds. The molecular formula is C19H16FN3O3. The quantitative estimate of drug-likeness (QED) is 0.829. The largest absolute Gasteiger partial charge is 0.358 e. The van der Waals surface area contributed by atoms with Crippen molar-refractivity contribution in [2.75, 3.05) is 10.2 Å². The highest BCUT2D eigenvalue weighted by Gasteiger charge is 2.43. The number of barbiturate groups is 1. The van der Waals surface area contributed by atoms with Crippen LogP contribution in [0.25, 0.3) is 0 Å². The Balaban J connectivity index is 1.89. The fraction of sp³-hybridized carbons (Fsp3) is 0.105. The summed E-state index contributed by atoms with van der Waals surface area (Å²) in [6.45, 7) is 5.50. The molecule has 1 saturated heterocycles. The third kappa shape index (κ3) is 3.19. The Kier molecular flexibility index (Phi) is 4.53. The Labute approximate surface area is 149 Å². The summed E-state index contributed by atoms with van der Waals surface area (Å²) in [5.41, 5.74) is 1.66. The molecule has 1 atom stereocenters. The van der Waals surface area contributed by atoms with Crippen LogP contribution in [0.3, 0.4) is 0 Å². The number of carbonyl (C=O) groups is 3. The third-order valence-corrected chi connectivity index (χ3v) is 4.02. The van der Waals surface area contributed by atoms with Crippen LogP contribution in [0.2, 0.25) is 0 Å². The Bertz CT molecular complexity index is 909. The van der Waals surface area contributed by atoms with Crippen LogP contribution in [-0.2, 0) is 9.59 Å². The summed E-state index contributed by atoms with van der Waals surface area (Å²) in [6.07, 6.45) is 0. The molecule has 6 nitrogen and oxygen atoms in total. The van der Waals surface area contributed by atoms with Gasteiger partial charge in [-0.1, -0.05) is 24.8 Å². The third-order valence-electron chi connectivity index (χ3n) is 4.02. The summed E-state index contributed by atoms with van der Waals surface area (Å²) in [6, 6.07) is 11.4. The zero-order valence-electron chi connectivity index (χ0n) is 14.0. The average Bonchev–Trinajstić information content (AvgIpc) is 2.58. The monoisotopic (exact) mass is 353 g/mol. The van der Waals surface area contributed by atoms with Crippen molar-refractivity contribution in [1.29, 1.82) is 0 Å². The first kappa shape index (κ1) is 17.3. The molecule has 0 aliphatic carbocycles. The zero-order valence-corrected chi connectivity index (χ0v) is 14.0. The van der Waals surface area contributed by atoms with E-state index >= 15 is 0 Å². The molecule has 3 rings (SSSR count). The molecule has 2 N–H and O–H groups in total. The van der Waals surface area contributed by atoms with Crippen LogP contribution in [0.1, 0.15) is 5.56 Å². The van der Waals surface area contributed by atoms with Gasteiger partial charge in [-0.05, 0) is 42.8 Å². The van der Waals surface area contributed by atoms with E-state index in [1.54, 1.807) is 31.2 Å². The summed E-state index contributed by atoms with van der Waals surface area (Å²) in [7, 11) is 0. The van der Waals surface area contributed by atoms with Gasteiger partial charge in [0, 0.05) is 11.4 Å². The number of aryl methyl sites for hydroxylation is 1. The van der Waals surface area contributed by atoms with Crippen molar-refractivity contribution in [3.8, 4) is 0 Å². The summed E-state index contributed by atoms with van der Waals surface area (Å²) in [5, 5.41) is 5.00. The predicted octanol–water partition coefficient (Wildman–Crippen LogP) is 2.96. The minimum atomic E-state index is -1.29. The molecule has 7 heteroatoms. The molecular weight excluding hydrogens is 337 g/mol. The molecule has 2 aromatic carbocycles. The maximum atomic E-state index is 13.0. The van der Waals surface area contributed by atoms with Crippen molar-refractivity contribution in [1.82, 2.24) is 5.32 Å². The summed E-state index contributed by atoms with van der Waals surface area (Å²) in [4.78, 5) is 38.2. The predicted molar refractivity (Wildman–Crippen MR) is 94.9 cm³/mol. The number of rotatable bonds is 4. The van der Waals surface area contributed by atoms with Gasteiger partial charge >= 0.3 is 6.03 Å². The maximum Gasteiger partial charge on any atom is 0.335 e. The molecule has 0 bridgehead atoms. The summed E-state index contributed by atoms with van der Waals surface area (Å²) < 4.78 is 13.0. The van der Waals surface area contributed by atoms with Gasteiger partial charge in [0.15, 0.2) is 5.92 Å². The van der Waals surface area contributed by atoms with Gasteiger partial charge in [0.05, 0.1) is 5.69 Å². The lowest BCUT2D eigenvalue weighted by atomic mass is 10.00. The number of carbonyl (C=O) groups excluding carboxylic acids is 3. The number of nitrogens with zero attached hydrogens (tertiary/aromatic N) is 1. The number of benzene rings is 2. The molecule has 132 valence electrons. The van der Waals surface area contributed by atoms with E-state index in [2.05, 4.69) is 17.2 Å². The summed E-state index contributed by atoms with van der Waals surface area (Å²) in [5.74, 6) is -3.17. The van der Waals surface area contributed by atoms with Crippen LogP contribution in [-0.4, -0.2) is 17.8 Å². The van der Waals surface area contributed by atoms with Gasteiger partial charge in [0.2, 0.25) is 5.91 Å². The van der Waals surface area contributed by atoms with Crippen LogP contribution >= 0.6 is 0 Å². The SMILES string of the molecule is C=C(Nc1ccc(F)cc1)[C@H]1C(=O)NC(=O)N(c2ccccc2C)C1=O. The second-order valence-corrected chi connectivity index (χ2v) is 5.84. The molecule has 2 aromatic rings. The zero-order chi connectivity index (χ0) is 18.8. The number of imide groups is 2. The molecule has 1 fully saturated rings. The van der Waals surface area contributed by atoms with Gasteiger partial charge in [0.1, 0.15) is 5.82 Å². The van der Waals surface area contributed by atoms with E-state index in [0.717, 1.165) is 4.90 Å². The first-order valence-electron chi connectivity index (χ1n) is 7.84. The van der Waals surface area contributed by atoms with E-state index in [1.807, 2.05) is 0 Å². The Morgan fingerprint density at radius 2 is 1.77 bits per heavy atom. The highest BCUT2D eigenvalue weighted by molar-refractivity contribution is 6.29. The minimum Gasteiger partial charge on any atom is -0.358 e. The first-order chi connectivity index (χ1) is 12.4. The van der Waals surface area contributed by atoms with E-state index in [1.165, 1.54) is 24.3 Å². The van der Waals surface area contributed by atoms with Gasteiger partial charge in [-0.2, -0.15) is 0 Å². The summed E-state index contributed by atoms with van der Waals surface area (Å²) >= 11 is 0. The van der Waals surface area contributed by atoms with E-state index in [-0.39, 0.29) is 5.70 Å². The Morgan fingerprint density at radius 3 is 2.42 bits per heavy atom. The highest BCUT2D eigenvalue weighted by atomic mass is 19.1. The number of urea groups is 1. The molecule has 26 heavy (non-hydrogen) atoms. The molecule has 0 saturated carbocycles. The molecule has 0 aromatic heterocycles. The smallest absolute Gasteiger partial charge is 0.335 e. The van der Waals surface area contributed by atoms with Crippen molar-refractivity contribution in [2.24, 2.45) is 5.92 Å². The fourth-order valence-corrected chi connectivity index (χ4v) is 2.72. The number of amides is 4. The lowest BCUT2D eigenvalue weighted by molar-refractivity contribution is -0.132. The first-order valence-corrected chi connectivity index (χ1v) is 7.84. The highest BCUT2D eigenvalue weighted by Crippen LogP contribution is 2.27. The van der Waals surface area contributed by atoms with Gasteiger partial charge < -0.3 is 5.32 Å². The van der Waals surface area contributed by atoms with E-state index in [0.29, 0.717) is 16.9 Å². The maximum absolute atomic E-state index is 13.0. The van der Waals surface area contributed by atoms with E-state index in [4.69, 9.17) is 0 Å².